The summed E-state index contributed by atoms with van der Waals surface area (Å²) >= 11 is 5.89. The Bertz CT molecular complexity index is 512. The molecule has 0 radical (unpaired) electrons. The number of halogens is 1. The van der Waals surface area contributed by atoms with Crippen LogP contribution < -0.4 is 5.32 Å². The van der Waals surface area contributed by atoms with Crippen LogP contribution in [0.25, 0.3) is 0 Å². The molecule has 0 aliphatic carbocycles. The van der Waals surface area contributed by atoms with Gasteiger partial charge in [-0.1, -0.05) is 23.7 Å². The maximum atomic E-state index is 5.89. The summed E-state index contributed by atoms with van der Waals surface area (Å²) in [7, 11) is 0. The van der Waals surface area contributed by atoms with Crippen molar-refractivity contribution in [3.8, 4) is 0 Å². The Balaban J connectivity index is 2.05. The van der Waals surface area contributed by atoms with Gasteiger partial charge in [0.05, 0.1) is 12.2 Å². The molecule has 0 unspecified atom stereocenters. The highest BCUT2D eigenvalue weighted by molar-refractivity contribution is 6.29. The molecule has 5 nitrogen and oxygen atoms in total. The van der Waals surface area contributed by atoms with Gasteiger partial charge in [0.25, 0.3) is 0 Å². The van der Waals surface area contributed by atoms with E-state index in [0.717, 1.165) is 17.9 Å². The fourth-order valence-corrected chi connectivity index (χ4v) is 1.59. The van der Waals surface area contributed by atoms with Gasteiger partial charge in [0.15, 0.2) is 5.76 Å². The molecule has 0 saturated heterocycles. The van der Waals surface area contributed by atoms with E-state index in [-0.39, 0.29) is 0 Å². The van der Waals surface area contributed by atoms with E-state index in [0.29, 0.717) is 23.3 Å². The number of nitrogens with one attached hydrogen (secondary N) is 1. The van der Waals surface area contributed by atoms with Crippen LogP contribution in [0.15, 0.2) is 16.7 Å². The van der Waals surface area contributed by atoms with Crippen LogP contribution in [0.3, 0.4) is 0 Å². The van der Waals surface area contributed by atoms with E-state index in [1.807, 2.05) is 19.9 Å². The molecule has 0 fully saturated rings. The predicted molar refractivity (Wildman–Crippen MR) is 65.0 cm³/mol. The maximum absolute atomic E-state index is 5.89. The summed E-state index contributed by atoms with van der Waals surface area (Å²) < 4.78 is 5.08. The minimum absolute atomic E-state index is 0.438. The van der Waals surface area contributed by atoms with Crippen LogP contribution in [-0.4, -0.2) is 15.1 Å². The third-order valence-electron chi connectivity index (χ3n) is 2.18. The first-order chi connectivity index (χ1) is 8.17. The molecule has 2 aromatic heterocycles. The van der Waals surface area contributed by atoms with Crippen molar-refractivity contribution < 1.29 is 4.52 Å². The summed E-state index contributed by atoms with van der Waals surface area (Å²) in [5.41, 5.74) is 0.858. The van der Waals surface area contributed by atoms with Gasteiger partial charge in [0.1, 0.15) is 16.8 Å². The molecule has 2 heterocycles. The Kier molecular flexibility index (Phi) is 3.58. The van der Waals surface area contributed by atoms with Crippen LogP contribution in [0.1, 0.15) is 24.2 Å². The molecule has 6 heteroatoms. The van der Waals surface area contributed by atoms with Crippen LogP contribution in [0, 0.1) is 6.92 Å². The minimum atomic E-state index is 0.438. The van der Waals surface area contributed by atoms with Crippen molar-refractivity contribution in [2.75, 3.05) is 5.32 Å². The molecule has 2 rings (SSSR count). The lowest BCUT2D eigenvalue weighted by molar-refractivity contribution is 0.384. The van der Waals surface area contributed by atoms with Crippen molar-refractivity contribution in [2.45, 2.75) is 26.8 Å². The van der Waals surface area contributed by atoms with Crippen LogP contribution in [0.2, 0.25) is 5.15 Å². The molecular weight excluding hydrogens is 240 g/mol. The number of hydrogen-bond donors (Lipinski definition) is 1. The third kappa shape index (κ3) is 3.17. The summed E-state index contributed by atoms with van der Waals surface area (Å²) in [5.74, 6) is 2.17. The SMILES string of the molecule is CCc1nc(Cl)cc(NCc2cc(C)no2)n1. The quantitative estimate of drug-likeness (QED) is 0.848. The van der Waals surface area contributed by atoms with Crippen LogP contribution in [-0.2, 0) is 13.0 Å². The van der Waals surface area contributed by atoms with E-state index in [4.69, 9.17) is 16.1 Å². The number of rotatable bonds is 4. The molecule has 0 aromatic carbocycles. The first-order valence-electron chi connectivity index (χ1n) is 5.37. The van der Waals surface area contributed by atoms with E-state index in [2.05, 4.69) is 20.4 Å². The molecular formula is C11H13ClN4O. The topological polar surface area (TPSA) is 63.8 Å². The second kappa shape index (κ2) is 5.14. The average Bonchev–Trinajstić information content (AvgIpc) is 2.72. The zero-order chi connectivity index (χ0) is 12.3. The van der Waals surface area contributed by atoms with Crippen LogP contribution >= 0.6 is 11.6 Å². The van der Waals surface area contributed by atoms with Gasteiger partial charge in [0, 0.05) is 18.6 Å². The first-order valence-corrected chi connectivity index (χ1v) is 5.74. The molecule has 17 heavy (non-hydrogen) atoms. The fourth-order valence-electron chi connectivity index (χ4n) is 1.39. The normalized spacial score (nSPS) is 10.5. The van der Waals surface area contributed by atoms with Gasteiger partial charge in [-0.25, -0.2) is 9.97 Å². The van der Waals surface area contributed by atoms with Crippen molar-refractivity contribution in [3.05, 3.63) is 34.6 Å². The lowest BCUT2D eigenvalue weighted by atomic mass is 10.4. The van der Waals surface area contributed by atoms with Crippen molar-refractivity contribution in [3.63, 3.8) is 0 Å². The lowest BCUT2D eigenvalue weighted by Crippen LogP contribution is -2.03. The smallest absolute Gasteiger partial charge is 0.156 e. The second-order valence-corrected chi connectivity index (χ2v) is 4.02. The molecule has 0 atom stereocenters. The highest BCUT2D eigenvalue weighted by atomic mass is 35.5. The number of aromatic nitrogens is 3. The Labute approximate surface area is 104 Å². The highest BCUT2D eigenvalue weighted by Gasteiger charge is 2.04. The Morgan fingerprint density at radius 2 is 2.18 bits per heavy atom. The monoisotopic (exact) mass is 252 g/mol. The van der Waals surface area contributed by atoms with E-state index in [1.165, 1.54) is 0 Å². The lowest BCUT2D eigenvalue weighted by Gasteiger charge is -2.05. The molecule has 0 aliphatic heterocycles. The summed E-state index contributed by atoms with van der Waals surface area (Å²) in [6.45, 7) is 4.39. The van der Waals surface area contributed by atoms with Gasteiger partial charge in [0.2, 0.25) is 0 Å². The standard InChI is InChI=1S/C11H13ClN4O/c1-3-10-14-9(12)5-11(15-10)13-6-8-4-7(2)16-17-8/h4-5H,3,6H2,1-2H3,(H,13,14,15). The van der Waals surface area contributed by atoms with E-state index >= 15 is 0 Å². The van der Waals surface area contributed by atoms with Gasteiger partial charge < -0.3 is 9.84 Å². The van der Waals surface area contributed by atoms with Crippen LogP contribution in [0.5, 0.6) is 0 Å². The summed E-state index contributed by atoms with van der Waals surface area (Å²) in [5, 5.41) is 7.36. The van der Waals surface area contributed by atoms with Crippen molar-refractivity contribution >= 4 is 17.4 Å². The van der Waals surface area contributed by atoms with Crippen LogP contribution in [0.4, 0.5) is 5.82 Å². The number of hydrogen-bond acceptors (Lipinski definition) is 5. The van der Waals surface area contributed by atoms with E-state index in [1.54, 1.807) is 6.07 Å². The fraction of sp³-hybridized carbons (Fsp3) is 0.364. The molecule has 1 N–H and O–H groups in total. The van der Waals surface area contributed by atoms with E-state index in [9.17, 15) is 0 Å². The zero-order valence-electron chi connectivity index (χ0n) is 9.70. The Morgan fingerprint density at radius 1 is 1.35 bits per heavy atom. The van der Waals surface area contributed by atoms with Crippen molar-refractivity contribution in [1.82, 2.24) is 15.1 Å². The molecule has 0 bridgehead atoms. The molecule has 2 aromatic rings. The molecule has 0 amide bonds. The summed E-state index contributed by atoms with van der Waals surface area (Å²) in [4.78, 5) is 8.40. The number of nitrogens with zero attached hydrogens (tertiary/aromatic N) is 3. The van der Waals surface area contributed by atoms with Gasteiger partial charge in [-0.15, -0.1) is 0 Å². The Hall–Kier alpha value is -1.62. The molecule has 0 aliphatic rings. The largest absolute Gasteiger partial charge is 0.363 e. The predicted octanol–water partition coefficient (Wildman–Crippen LogP) is 2.60. The Morgan fingerprint density at radius 3 is 2.82 bits per heavy atom. The number of anilines is 1. The van der Waals surface area contributed by atoms with Crippen molar-refractivity contribution in [1.29, 1.82) is 0 Å². The van der Waals surface area contributed by atoms with Crippen molar-refractivity contribution in [2.24, 2.45) is 0 Å². The molecule has 0 saturated carbocycles. The van der Waals surface area contributed by atoms with Gasteiger partial charge in [-0.2, -0.15) is 0 Å². The highest BCUT2D eigenvalue weighted by Crippen LogP contribution is 2.13. The van der Waals surface area contributed by atoms with E-state index < -0.39 is 0 Å². The minimum Gasteiger partial charge on any atom is -0.363 e. The summed E-state index contributed by atoms with van der Waals surface area (Å²) in [6.07, 6.45) is 0.747. The zero-order valence-corrected chi connectivity index (χ0v) is 10.5. The maximum Gasteiger partial charge on any atom is 0.156 e. The van der Waals surface area contributed by atoms with Gasteiger partial charge >= 0.3 is 0 Å². The average molecular weight is 253 g/mol. The molecule has 0 spiro atoms. The van der Waals surface area contributed by atoms with Gasteiger partial charge in [-0.3, -0.25) is 0 Å². The molecule has 90 valence electrons. The summed E-state index contributed by atoms with van der Waals surface area (Å²) in [6, 6.07) is 3.56. The number of aryl methyl sites for hydroxylation is 2. The first kappa shape index (κ1) is 11.9. The third-order valence-corrected chi connectivity index (χ3v) is 2.37. The van der Waals surface area contributed by atoms with Gasteiger partial charge in [-0.05, 0) is 6.92 Å². The second-order valence-electron chi connectivity index (χ2n) is 3.63.